The van der Waals surface area contributed by atoms with Gasteiger partial charge in [-0.05, 0) is 55.3 Å². The molecule has 1 N–H and O–H groups in total. The lowest BCUT2D eigenvalue weighted by Gasteiger charge is -2.21. The smallest absolute Gasteiger partial charge is 0.344 e. The zero-order chi connectivity index (χ0) is 25.3. The average molecular weight is 496 g/mol. The van der Waals surface area contributed by atoms with Crippen LogP contribution in [0.2, 0.25) is 0 Å². The van der Waals surface area contributed by atoms with Crippen LogP contribution in [0.3, 0.4) is 0 Å². The number of methoxy groups -OCH3 is 1. The van der Waals surface area contributed by atoms with E-state index in [2.05, 4.69) is 4.72 Å². The molecule has 1 atom stereocenters. The van der Waals surface area contributed by atoms with Gasteiger partial charge >= 0.3 is 11.6 Å². The van der Waals surface area contributed by atoms with Crippen molar-refractivity contribution in [1.29, 1.82) is 0 Å². The lowest BCUT2D eigenvalue weighted by atomic mass is 10.1. The van der Waals surface area contributed by atoms with E-state index in [4.69, 9.17) is 13.9 Å². The van der Waals surface area contributed by atoms with Gasteiger partial charge in [-0.3, -0.25) is 0 Å². The maximum absolute atomic E-state index is 12.9. The zero-order valence-corrected chi connectivity index (χ0v) is 20.5. The topological polar surface area (TPSA) is 112 Å². The monoisotopic (exact) mass is 495 g/mol. The highest BCUT2D eigenvalue weighted by Crippen LogP contribution is 2.29. The summed E-state index contributed by atoms with van der Waals surface area (Å²) in [5.74, 6) is -0.510. The van der Waals surface area contributed by atoms with Crippen molar-refractivity contribution in [2.75, 3.05) is 7.11 Å². The molecule has 1 aromatic heterocycles. The molecule has 0 saturated carbocycles. The van der Waals surface area contributed by atoms with Gasteiger partial charge in [0.25, 0.3) is 0 Å². The van der Waals surface area contributed by atoms with Crippen molar-refractivity contribution >= 4 is 37.7 Å². The van der Waals surface area contributed by atoms with Crippen molar-refractivity contribution in [3.8, 4) is 11.5 Å². The number of carbonyl (C=O) groups is 1. The van der Waals surface area contributed by atoms with Gasteiger partial charge in [0.15, 0.2) is 0 Å². The first-order valence-electron chi connectivity index (χ1n) is 10.9. The van der Waals surface area contributed by atoms with Crippen LogP contribution in [-0.2, 0) is 14.8 Å². The molecule has 0 bridgehead atoms. The minimum atomic E-state index is -3.95. The number of hydrogen-bond acceptors (Lipinski definition) is 7. The van der Waals surface area contributed by atoms with Crippen molar-refractivity contribution in [3.63, 3.8) is 0 Å². The highest BCUT2D eigenvalue weighted by Gasteiger charge is 2.30. The Bertz CT molecular complexity index is 1570. The number of aryl methyl sites for hydroxylation is 1. The number of fused-ring (bicyclic) bond motifs is 3. The SMILES string of the molecule is COc1ccc2c(c1)c(=O)oc1cc(OC(=O)[C@@H](NS(=O)(=O)c3ccc(C)cc3)C(C)C)ccc12. The third-order valence-electron chi connectivity index (χ3n) is 5.64. The van der Waals surface area contributed by atoms with Crippen molar-refractivity contribution in [2.45, 2.75) is 31.7 Å². The van der Waals surface area contributed by atoms with E-state index in [0.717, 1.165) is 5.56 Å². The summed E-state index contributed by atoms with van der Waals surface area (Å²) in [6, 6.07) is 15.0. The molecular formula is C26H25NO7S. The molecule has 182 valence electrons. The van der Waals surface area contributed by atoms with Gasteiger partial charge in [0.2, 0.25) is 10.0 Å². The molecule has 9 heteroatoms. The van der Waals surface area contributed by atoms with Crippen molar-refractivity contribution in [1.82, 2.24) is 4.72 Å². The highest BCUT2D eigenvalue weighted by molar-refractivity contribution is 7.89. The lowest BCUT2D eigenvalue weighted by Crippen LogP contribution is -2.46. The van der Waals surface area contributed by atoms with Crippen LogP contribution in [0, 0.1) is 12.8 Å². The molecule has 0 radical (unpaired) electrons. The first-order chi connectivity index (χ1) is 16.6. The molecule has 1 heterocycles. The maximum Gasteiger partial charge on any atom is 0.344 e. The standard InChI is InChI=1S/C26H25NO7S/c1-15(2)24(27-35(30,31)19-9-5-16(3)6-10-19)26(29)33-18-8-12-21-20-11-7-17(32-4)13-22(20)25(28)34-23(21)14-18/h5-15,24,27H,1-4H3/t24-/m0/s1. The Kier molecular flexibility index (Phi) is 6.64. The van der Waals surface area contributed by atoms with E-state index in [9.17, 15) is 18.0 Å². The van der Waals surface area contributed by atoms with Crippen molar-refractivity contribution in [3.05, 3.63) is 76.6 Å². The van der Waals surface area contributed by atoms with Crippen molar-refractivity contribution < 1.29 is 27.1 Å². The Balaban J connectivity index is 1.62. The summed E-state index contributed by atoms with van der Waals surface area (Å²) in [5, 5.41) is 1.69. The van der Waals surface area contributed by atoms with E-state index >= 15 is 0 Å². The van der Waals surface area contributed by atoms with E-state index in [-0.39, 0.29) is 22.1 Å². The van der Waals surface area contributed by atoms with Gasteiger partial charge in [-0.2, -0.15) is 4.72 Å². The van der Waals surface area contributed by atoms with Crippen LogP contribution in [0.15, 0.2) is 74.8 Å². The summed E-state index contributed by atoms with van der Waals surface area (Å²) in [5.41, 5.74) is 0.596. The third kappa shape index (κ3) is 5.06. The first-order valence-corrected chi connectivity index (χ1v) is 12.4. The van der Waals surface area contributed by atoms with E-state index in [1.807, 2.05) is 6.92 Å². The fourth-order valence-corrected chi connectivity index (χ4v) is 5.00. The Morgan fingerprint density at radius 2 is 1.57 bits per heavy atom. The minimum Gasteiger partial charge on any atom is -0.497 e. The largest absolute Gasteiger partial charge is 0.497 e. The van der Waals surface area contributed by atoms with Crippen LogP contribution in [0.4, 0.5) is 0 Å². The summed E-state index contributed by atoms with van der Waals surface area (Å²) in [6.07, 6.45) is 0. The second-order valence-corrected chi connectivity index (χ2v) is 10.3. The van der Waals surface area contributed by atoms with Crippen LogP contribution < -0.4 is 19.8 Å². The summed E-state index contributed by atoms with van der Waals surface area (Å²) in [7, 11) is -2.44. The summed E-state index contributed by atoms with van der Waals surface area (Å²) in [6.45, 7) is 5.27. The average Bonchev–Trinajstić information content (AvgIpc) is 2.82. The van der Waals surface area contributed by atoms with Gasteiger partial charge in [-0.1, -0.05) is 31.5 Å². The molecule has 0 saturated heterocycles. The Hall–Kier alpha value is -3.69. The molecular weight excluding hydrogens is 470 g/mol. The van der Waals surface area contributed by atoms with E-state index in [1.54, 1.807) is 56.3 Å². The normalized spacial score (nSPS) is 12.7. The van der Waals surface area contributed by atoms with Gasteiger partial charge in [-0.25, -0.2) is 18.0 Å². The predicted molar refractivity (Wildman–Crippen MR) is 132 cm³/mol. The van der Waals surface area contributed by atoms with Crippen LogP contribution in [0.5, 0.6) is 11.5 Å². The lowest BCUT2D eigenvalue weighted by molar-refractivity contribution is -0.137. The number of nitrogens with one attached hydrogen (secondary N) is 1. The number of esters is 1. The molecule has 0 unspecified atom stereocenters. The fraction of sp³-hybridized carbons (Fsp3) is 0.231. The quantitative estimate of drug-likeness (QED) is 0.177. The molecule has 8 nitrogen and oxygen atoms in total. The molecule has 0 spiro atoms. The predicted octanol–water partition coefficient (Wildman–Crippen LogP) is 4.17. The molecule has 4 rings (SSSR count). The maximum atomic E-state index is 12.9. The number of hydrogen-bond donors (Lipinski definition) is 1. The van der Waals surface area contributed by atoms with E-state index in [1.165, 1.54) is 25.3 Å². The summed E-state index contributed by atoms with van der Waals surface area (Å²) < 4.78 is 44.2. The van der Waals surface area contributed by atoms with Crippen LogP contribution in [0.1, 0.15) is 19.4 Å². The van der Waals surface area contributed by atoms with Crippen molar-refractivity contribution in [2.24, 2.45) is 5.92 Å². The molecule has 0 fully saturated rings. The number of carbonyl (C=O) groups excluding carboxylic acids is 1. The zero-order valence-electron chi connectivity index (χ0n) is 19.7. The summed E-state index contributed by atoms with van der Waals surface area (Å²) >= 11 is 0. The molecule has 0 amide bonds. The second-order valence-electron chi connectivity index (χ2n) is 8.54. The van der Waals surface area contributed by atoms with Gasteiger partial charge in [0, 0.05) is 16.8 Å². The van der Waals surface area contributed by atoms with Gasteiger partial charge in [0.1, 0.15) is 23.1 Å². The molecule has 4 aromatic rings. The van der Waals surface area contributed by atoms with Crippen LogP contribution in [-0.4, -0.2) is 27.5 Å². The fourth-order valence-electron chi connectivity index (χ4n) is 3.67. The number of benzene rings is 3. The highest BCUT2D eigenvalue weighted by atomic mass is 32.2. The number of rotatable bonds is 7. The summed E-state index contributed by atoms with van der Waals surface area (Å²) in [4.78, 5) is 25.5. The number of ether oxygens (including phenoxy) is 2. The Labute approximate surface area is 202 Å². The molecule has 0 aliphatic heterocycles. The van der Waals surface area contributed by atoms with E-state index < -0.39 is 27.7 Å². The van der Waals surface area contributed by atoms with Gasteiger partial charge in [0.05, 0.1) is 17.4 Å². The van der Waals surface area contributed by atoms with Crippen LogP contribution >= 0.6 is 0 Å². The van der Waals surface area contributed by atoms with E-state index in [0.29, 0.717) is 21.9 Å². The van der Waals surface area contributed by atoms with Gasteiger partial charge in [-0.15, -0.1) is 0 Å². The Morgan fingerprint density at radius 1 is 0.914 bits per heavy atom. The number of sulfonamides is 1. The molecule has 0 aliphatic rings. The minimum absolute atomic E-state index is 0.0533. The first kappa shape index (κ1) is 24.4. The second kappa shape index (κ2) is 9.52. The third-order valence-corrected chi connectivity index (χ3v) is 7.10. The van der Waals surface area contributed by atoms with Crippen LogP contribution in [0.25, 0.3) is 21.7 Å². The Morgan fingerprint density at radius 3 is 2.23 bits per heavy atom. The molecule has 0 aliphatic carbocycles. The molecule has 35 heavy (non-hydrogen) atoms. The van der Waals surface area contributed by atoms with Gasteiger partial charge < -0.3 is 13.9 Å². The molecule has 3 aromatic carbocycles.